The van der Waals surface area contributed by atoms with Gasteiger partial charge in [0, 0.05) is 15.4 Å². The Morgan fingerprint density at radius 3 is 2.74 bits per heavy atom. The van der Waals surface area contributed by atoms with Gasteiger partial charge in [0.2, 0.25) is 5.78 Å². The van der Waals surface area contributed by atoms with Crippen molar-refractivity contribution in [3.05, 3.63) is 49.9 Å². The van der Waals surface area contributed by atoms with Crippen LogP contribution in [-0.2, 0) is 0 Å². The van der Waals surface area contributed by atoms with Gasteiger partial charge in [-0.25, -0.2) is 4.98 Å². The van der Waals surface area contributed by atoms with Gasteiger partial charge in [-0.2, -0.15) is 5.26 Å². The Hall–Kier alpha value is -1.41. The maximum Gasteiger partial charge on any atom is 0.203 e. The molecule has 0 aliphatic heterocycles. The molecule has 1 heterocycles. The first-order chi connectivity index (χ1) is 9.02. The predicted molar refractivity (Wildman–Crippen MR) is 76.0 cm³/mol. The van der Waals surface area contributed by atoms with Gasteiger partial charge in [-0.05, 0) is 24.6 Å². The number of ketones is 1. The molecule has 2 aromatic rings. The molecular weight excluding hydrogens is 303 g/mol. The number of halogens is 2. The number of rotatable bonds is 3. The lowest BCUT2D eigenvalue weighted by Gasteiger charge is -2.09. The number of nitrogens with zero attached hydrogens (tertiary/aromatic N) is 2. The normalized spacial score (nSPS) is 11.9. The molecule has 6 heteroatoms. The van der Waals surface area contributed by atoms with Crippen molar-refractivity contribution < 1.29 is 4.79 Å². The molecular formula is C13H8Cl2N2OS. The number of aryl methyl sites for hydroxylation is 1. The van der Waals surface area contributed by atoms with Crippen LogP contribution in [0.2, 0.25) is 10.0 Å². The smallest absolute Gasteiger partial charge is 0.203 e. The molecule has 2 rings (SSSR count). The third-order valence-electron chi connectivity index (χ3n) is 2.54. The Morgan fingerprint density at radius 2 is 2.21 bits per heavy atom. The van der Waals surface area contributed by atoms with Crippen molar-refractivity contribution in [3.63, 3.8) is 0 Å². The summed E-state index contributed by atoms with van der Waals surface area (Å²) in [6.07, 6.45) is 0. The fourth-order valence-electron chi connectivity index (χ4n) is 1.63. The standard InChI is InChI=1S/C13H8Cl2N2OS/c1-7-17-12(6-19-7)13(18)10(5-16)9-3-2-8(14)4-11(9)15/h2-4,6,10H,1H3. The molecule has 0 saturated heterocycles. The molecule has 0 aliphatic rings. The number of carbonyl (C=O) groups excluding carboxylic acids is 1. The highest BCUT2D eigenvalue weighted by Gasteiger charge is 2.25. The topological polar surface area (TPSA) is 53.8 Å². The van der Waals surface area contributed by atoms with Gasteiger partial charge >= 0.3 is 0 Å². The number of aromatic nitrogens is 1. The van der Waals surface area contributed by atoms with Crippen molar-refractivity contribution in [2.45, 2.75) is 12.8 Å². The third kappa shape index (κ3) is 2.95. The molecule has 0 spiro atoms. The number of hydrogen-bond donors (Lipinski definition) is 0. The lowest BCUT2D eigenvalue weighted by molar-refractivity contribution is 0.0974. The van der Waals surface area contributed by atoms with Gasteiger partial charge in [-0.3, -0.25) is 4.79 Å². The zero-order valence-corrected chi connectivity index (χ0v) is 12.2. The monoisotopic (exact) mass is 310 g/mol. The maximum absolute atomic E-state index is 12.3. The second kappa shape index (κ2) is 5.70. The van der Waals surface area contributed by atoms with Crippen LogP contribution in [0, 0.1) is 18.3 Å². The Kier molecular flexibility index (Phi) is 4.20. The fourth-order valence-corrected chi connectivity index (χ4v) is 2.75. The second-order valence-corrected chi connectivity index (χ2v) is 5.75. The average Bonchev–Trinajstić information content (AvgIpc) is 2.79. The van der Waals surface area contributed by atoms with Gasteiger partial charge in [0.05, 0.1) is 11.1 Å². The first-order valence-electron chi connectivity index (χ1n) is 5.34. The van der Waals surface area contributed by atoms with E-state index >= 15 is 0 Å². The van der Waals surface area contributed by atoms with Gasteiger partial charge in [-0.15, -0.1) is 11.3 Å². The number of nitriles is 1. The Morgan fingerprint density at radius 1 is 1.47 bits per heavy atom. The molecule has 0 bridgehead atoms. The minimum absolute atomic E-state index is 0.292. The quantitative estimate of drug-likeness (QED) is 0.796. The van der Waals surface area contributed by atoms with E-state index in [4.69, 9.17) is 23.2 Å². The number of hydrogen-bond acceptors (Lipinski definition) is 4. The average molecular weight is 311 g/mol. The molecule has 96 valence electrons. The molecule has 0 N–H and O–H groups in total. The van der Waals surface area contributed by atoms with Gasteiger partial charge < -0.3 is 0 Å². The van der Waals surface area contributed by atoms with Crippen LogP contribution in [0.5, 0.6) is 0 Å². The fraction of sp³-hybridized carbons (Fsp3) is 0.154. The molecule has 0 radical (unpaired) electrons. The van der Waals surface area contributed by atoms with Crippen molar-refractivity contribution in [2.24, 2.45) is 0 Å². The van der Waals surface area contributed by atoms with Crippen LogP contribution in [0.15, 0.2) is 23.6 Å². The van der Waals surface area contributed by atoms with E-state index in [1.807, 2.05) is 6.07 Å². The summed E-state index contributed by atoms with van der Waals surface area (Å²) in [6, 6.07) is 6.69. The van der Waals surface area contributed by atoms with Gasteiger partial charge in [0.1, 0.15) is 11.6 Å². The number of carbonyl (C=O) groups is 1. The summed E-state index contributed by atoms with van der Waals surface area (Å²) < 4.78 is 0. The first-order valence-corrected chi connectivity index (χ1v) is 6.97. The zero-order valence-electron chi connectivity index (χ0n) is 9.85. The van der Waals surface area contributed by atoms with Crippen molar-refractivity contribution in [1.29, 1.82) is 5.26 Å². The van der Waals surface area contributed by atoms with Crippen LogP contribution in [0.25, 0.3) is 0 Å². The van der Waals surface area contributed by atoms with Crippen LogP contribution < -0.4 is 0 Å². The van der Waals surface area contributed by atoms with Crippen molar-refractivity contribution in [3.8, 4) is 6.07 Å². The predicted octanol–water partition coefficient (Wildman–Crippen LogP) is 4.25. The first kappa shape index (κ1) is 14.0. The molecule has 1 unspecified atom stereocenters. The molecule has 0 saturated carbocycles. The second-order valence-electron chi connectivity index (χ2n) is 3.84. The van der Waals surface area contributed by atoms with Crippen molar-refractivity contribution in [2.75, 3.05) is 0 Å². The molecule has 0 fully saturated rings. The van der Waals surface area contributed by atoms with Crippen LogP contribution in [0.4, 0.5) is 0 Å². The van der Waals surface area contributed by atoms with Gasteiger partial charge in [0.25, 0.3) is 0 Å². The SMILES string of the molecule is Cc1nc(C(=O)C(C#N)c2ccc(Cl)cc2Cl)cs1. The summed E-state index contributed by atoms with van der Waals surface area (Å²) in [7, 11) is 0. The summed E-state index contributed by atoms with van der Waals surface area (Å²) in [4.78, 5) is 16.4. The summed E-state index contributed by atoms with van der Waals surface area (Å²) in [5.74, 6) is -1.32. The molecule has 0 amide bonds. The van der Waals surface area contributed by atoms with E-state index in [1.54, 1.807) is 24.4 Å². The van der Waals surface area contributed by atoms with E-state index in [-0.39, 0.29) is 5.78 Å². The lowest BCUT2D eigenvalue weighted by atomic mass is 9.94. The molecule has 1 aromatic carbocycles. The van der Waals surface area contributed by atoms with E-state index in [9.17, 15) is 10.1 Å². The van der Waals surface area contributed by atoms with Crippen molar-refractivity contribution in [1.82, 2.24) is 4.98 Å². The van der Waals surface area contributed by atoms with Crippen LogP contribution in [0.1, 0.15) is 27.0 Å². The summed E-state index contributed by atoms with van der Waals surface area (Å²) in [6.45, 7) is 1.80. The van der Waals surface area contributed by atoms with E-state index in [0.717, 1.165) is 5.01 Å². The van der Waals surface area contributed by atoms with Crippen LogP contribution in [0.3, 0.4) is 0 Å². The Bertz CT molecular complexity index is 676. The largest absolute Gasteiger partial charge is 0.291 e. The highest BCUT2D eigenvalue weighted by atomic mass is 35.5. The van der Waals surface area contributed by atoms with Crippen LogP contribution in [-0.4, -0.2) is 10.8 Å². The summed E-state index contributed by atoms with van der Waals surface area (Å²) >= 11 is 13.2. The van der Waals surface area contributed by atoms with E-state index < -0.39 is 5.92 Å². The van der Waals surface area contributed by atoms with Gasteiger partial charge in [-0.1, -0.05) is 29.3 Å². The van der Waals surface area contributed by atoms with E-state index in [0.29, 0.717) is 21.3 Å². The molecule has 0 aliphatic carbocycles. The number of benzene rings is 1. The molecule has 1 aromatic heterocycles. The van der Waals surface area contributed by atoms with E-state index in [2.05, 4.69) is 4.98 Å². The highest BCUT2D eigenvalue weighted by Crippen LogP contribution is 2.29. The minimum atomic E-state index is -0.966. The lowest BCUT2D eigenvalue weighted by Crippen LogP contribution is -2.12. The van der Waals surface area contributed by atoms with Crippen LogP contribution >= 0.6 is 34.5 Å². The summed E-state index contributed by atoms with van der Waals surface area (Å²) in [5.41, 5.74) is 0.740. The zero-order chi connectivity index (χ0) is 14.0. The number of thiazole rings is 1. The molecule has 3 nitrogen and oxygen atoms in total. The Labute approximate surface area is 124 Å². The highest BCUT2D eigenvalue weighted by molar-refractivity contribution is 7.09. The van der Waals surface area contributed by atoms with E-state index in [1.165, 1.54) is 17.4 Å². The molecule has 1 atom stereocenters. The minimum Gasteiger partial charge on any atom is -0.291 e. The molecule has 19 heavy (non-hydrogen) atoms. The Balaban J connectivity index is 2.40. The van der Waals surface area contributed by atoms with Gasteiger partial charge in [0.15, 0.2) is 0 Å². The number of Topliss-reactive ketones (excluding diaryl/α,β-unsaturated/α-hetero) is 1. The maximum atomic E-state index is 12.3. The van der Waals surface area contributed by atoms with Crippen molar-refractivity contribution >= 4 is 40.3 Å². The summed E-state index contributed by atoms with van der Waals surface area (Å²) in [5, 5.41) is 12.4. The third-order valence-corrected chi connectivity index (χ3v) is 3.87.